The molecule has 0 bridgehead atoms. The van der Waals surface area contributed by atoms with Crippen molar-refractivity contribution in [2.75, 3.05) is 18.0 Å². The Hall–Kier alpha value is -4.65. The number of carbonyl (C=O) groups excluding carboxylic acids is 1. The summed E-state index contributed by atoms with van der Waals surface area (Å²) in [4.78, 5) is 29.7. The van der Waals surface area contributed by atoms with Gasteiger partial charge in [-0.2, -0.15) is 0 Å². The van der Waals surface area contributed by atoms with Crippen LogP contribution < -0.4 is 4.90 Å². The minimum absolute atomic E-state index is 0.139. The number of benzene rings is 3. The number of carbonyl (C=O) groups is 1. The molecule has 7 heteroatoms. The molecule has 36 heavy (non-hydrogen) atoms. The number of oxazole rings is 1. The lowest BCUT2D eigenvalue weighted by molar-refractivity contribution is 0.0746. The van der Waals surface area contributed by atoms with Crippen LogP contribution in [0.15, 0.2) is 102 Å². The second kappa shape index (κ2) is 9.54. The summed E-state index contributed by atoms with van der Waals surface area (Å²) in [5, 5.41) is 0. The normalized spacial score (nSPS) is 13.3. The van der Waals surface area contributed by atoms with E-state index in [4.69, 9.17) is 4.42 Å². The number of rotatable bonds is 5. The van der Waals surface area contributed by atoms with Gasteiger partial charge in [0.05, 0.1) is 18.6 Å². The van der Waals surface area contributed by atoms with Crippen LogP contribution in [0.5, 0.6) is 0 Å². The maximum absolute atomic E-state index is 13.8. The van der Waals surface area contributed by atoms with E-state index in [-0.39, 0.29) is 5.91 Å². The lowest BCUT2D eigenvalue weighted by Gasteiger charge is -2.24. The monoisotopic (exact) mass is 475 g/mol. The van der Waals surface area contributed by atoms with Crippen LogP contribution >= 0.6 is 0 Å². The van der Waals surface area contributed by atoms with Crippen LogP contribution in [0.3, 0.4) is 0 Å². The third-order valence-corrected chi connectivity index (χ3v) is 6.53. The van der Waals surface area contributed by atoms with Gasteiger partial charge in [-0.1, -0.05) is 66.7 Å². The summed E-state index contributed by atoms with van der Waals surface area (Å²) in [6.07, 6.45) is 4.95. The van der Waals surface area contributed by atoms with Crippen LogP contribution in [0.1, 0.15) is 21.7 Å². The van der Waals surface area contributed by atoms with Gasteiger partial charge >= 0.3 is 0 Å². The van der Waals surface area contributed by atoms with Crippen molar-refractivity contribution >= 4 is 11.6 Å². The molecule has 7 nitrogen and oxygen atoms in total. The molecule has 1 aliphatic rings. The van der Waals surface area contributed by atoms with Crippen molar-refractivity contribution in [3.05, 3.63) is 115 Å². The number of H-pyrrole nitrogens is 1. The molecule has 0 fully saturated rings. The Morgan fingerprint density at radius 3 is 2.42 bits per heavy atom. The van der Waals surface area contributed by atoms with Gasteiger partial charge in [0.25, 0.3) is 5.91 Å². The summed E-state index contributed by atoms with van der Waals surface area (Å²) >= 11 is 0. The molecule has 6 rings (SSSR count). The number of imidazole rings is 1. The highest BCUT2D eigenvalue weighted by Gasteiger charge is 2.28. The Bertz CT molecular complexity index is 1460. The van der Waals surface area contributed by atoms with Gasteiger partial charge < -0.3 is 19.2 Å². The number of amides is 1. The van der Waals surface area contributed by atoms with E-state index in [1.807, 2.05) is 59.6 Å². The zero-order valence-corrected chi connectivity index (χ0v) is 19.7. The summed E-state index contributed by atoms with van der Waals surface area (Å²) < 4.78 is 5.65. The average molecular weight is 476 g/mol. The first-order chi connectivity index (χ1) is 17.8. The minimum Gasteiger partial charge on any atom is -0.443 e. The molecule has 178 valence electrons. The third-order valence-electron chi connectivity index (χ3n) is 6.53. The van der Waals surface area contributed by atoms with Crippen LogP contribution in [-0.4, -0.2) is 38.8 Å². The van der Waals surface area contributed by atoms with Crippen molar-refractivity contribution in [2.45, 2.75) is 13.1 Å². The van der Waals surface area contributed by atoms with E-state index in [2.05, 4.69) is 50.2 Å². The molecular formula is C29H25N5O2. The molecular weight excluding hydrogens is 450 g/mol. The Labute approximate surface area is 209 Å². The third kappa shape index (κ3) is 4.27. The number of fused-ring (bicyclic) bond motifs is 1. The largest absolute Gasteiger partial charge is 0.443 e. The fraction of sp³-hybridized carbons (Fsp3) is 0.138. The van der Waals surface area contributed by atoms with E-state index in [0.717, 1.165) is 33.6 Å². The van der Waals surface area contributed by atoms with Crippen molar-refractivity contribution in [3.8, 4) is 22.5 Å². The van der Waals surface area contributed by atoms with Crippen molar-refractivity contribution in [1.82, 2.24) is 19.9 Å². The molecule has 0 saturated carbocycles. The van der Waals surface area contributed by atoms with Gasteiger partial charge in [0.2, 0.25) is 0 Å². The number of hydrogen-bond donors (Lipinski definition) is 1. The summed E-state index contributed by atoms with van der Waals surface area (Å²) in [6, 6.07) is 26.4. The summed E-state index contributed by atoms with van der Waals surface area (Å²) in [6.45, 7) is 2.37. The number of anilines is 1. The number of aromatic nitrogens is 3. The van der Waals surface area contributed by atoms with Crippen molar-refractivity contribution in [3.63, 3.8) is 0 Å². The van der Waals surface area contributed by atoms with E-state index in [1.165, 1.54) is 6.39 Å². The first kappa shape index (κ1) is 21.9. The van der Waals surface area contributed by atoms with E-state index < -0.39 is 0 Å². The Kier molecular flexibility index (Phi) is 5.79. The quantitative estimate of drug-likeness (QED) is 0.369. The van der Waals surface area contributed by atoms with Crippen molar-refractivity contribution in [1.29, 1.82) is 0 Å². The molecule has 1 aliphatic heterocycles. The van der Waals surface area contributed by atoms with E-state index in [9.17, 15) is 4.79 Å². The number of nitrogens with one attached hydrogen (secondary N) is 1. The smallest absolute Gasteiger partial charge is 0.276 e. The first-order valence-corrected chi connectivity index (χ1v) is 12.0. The SMILES string of the molecule is O=C(c1ncoc1-c1ccccc1)N1CCN(Cc2c[nH]cn2)c2ccc(-c3ccccc3)cc2C1. The predicted molar refractivity (Wildman–Crippen MR) is 138 cm³/mol. The Balaban J connectivity index is 1.36. The topological polar surface area (TPSA) is 78.3 Å². The molecule has 0 saturated heterocycles. The standard InChI is InChI=1S/C29H25N5O2/c35-29(27-28(36-20-32-27)22-9-5-2-6-10-22)34-14-13-33(18-25-16-30-19-31-25)26-12-11-23(15-24(26)17-34)21-7-3-1-4-8-21/h1-12,15-16,19-20H,13-14,17-18H2,(H,30,31). The number of aromatic amines is 1. The average Bonchev–Trinajstić information content (AvgIpc) is 3.60. The van der Waals surface area contributed by atoms with Gasteiger partial charge in [-0.25, -0.2) is 9.97 Å². The van der Waals surface area contributed by atoms with E-state index in [1.54, 1.807) is 6.33 Å². The zero-order chi connectivity index (χ0) is 24.3. The lowest BCUT2D eigenvalue weighted by Crippen LogP contribution is -2.35. The minimum atomic E-state index is -0.139. The Morgan fingerprint density at radius 2 is 1.67 bits per heavy atom. The van der Waals surface area contributed by atoms with Crippen LogP contribution in [0.2, 0.25) is 0 Å². The molecule has 1 N–H and O–H groups in total. The molecule has 1 amide bonds. The zero-order valence-electron chi connectivity index (χ0n) is 19.7. The van der Waals surface area contributed by atoms with Gasteiger partial charge in [-0.3, -0.25) is 4.79 Å². The number of nitrogens with zero attached hydrogens (tertiary/aromatic N) is 4. The van der Waals surface area contributed by atoms with Gasteiger partial charge in [0.15, 0.2) is 17.8 Å². The maximum atomic E-state index is 13.8. The molecule has 0 radical (unpaired) electrons. The summed E-state index contributed by atoms with van der Waals surface area (Å²) in [5.41, 5.74) is 6.58. The number of hydrogen-bond acceptors (Lipinski definition) is 5. The fourth-order valence-corrected chi connectivity index (χ4v) is 4.73. The molecule has 2 aromatic heterocycles. The fourth-order valence-electron chi connectivity index (χ4n) is 4.73. The summed E-state index contributed by atoms with van der Waals surface area (Å²) in [7, 11) is 0. The van der Waals surface area contributed by atoms with E-state index >= 15 is 0 Å². The molecule has 3 heterocycles. The lowest BCUT2D eigenvalue weighted by atomic mass is 10.0. The van der Waals surface area contributed by atoms with Crippen LogP contribution in [-0.2, 0) is 13.1 Å². The van der Waals surface area contributed by atoms with Crippen LogP contribution in [0.25, 0.3) is 22.5 Å². The highest BCUT2D eigenvalue weighted by Crippen LogP contribution is 2.32. The van der Waals surface area contributed by atoms with Gasteiger partial charge in [0, 0.05) is 37.1 Å². The van der Waals surface area contributed by atoms with Crippen LogP contribution in [0.4, 0.5) is 5.69 Å². The highest BCUT2D eigenvalue weighted by atomic mass is 16.3. The molecule has 0 unspecified atom stereocenters. The molecule has 0 spiro atoms. The van der Waals surface area contributed by atoms with Gasteiger partial charge in [0.1, 0.15) is 0 Å². The molecule has 0 atom stereocenters. The summed E-state index contributed by atoms with van der Waals surface area (Å²) in [5.74, 6) is 0.358. The van der Waals surface area contributed by atoms with Gasteiger partial charge in [-0.15, -0.1) is 0 Å². The second-order valence-electron chi connectivity index (χ2n) is 8.81. The van der Waals surface area contributed by atoms with Gasteiger partial charge in [-0.05, 0) is 28.8 Å². The predicted octanol–water partition coefficient (Wildman–Crippen LogP) is 5.39. The second-order valence-corrected chi connectivity index (χ2v) is 8.81. The Morgan fingerprint density at radius 1 is 0.889 bits per heavy atom. The van der Waals surface area contributed by atoms with Crippen molar-refractivity contribution < 1.29 is 9.21 Å². The molecule has 3 aromatic carbocycles. The van der Waals surface area contributed by atoms with Crippen molar-refractivity contribution in [2.24, 2.45) is 0 Å². The molecule has 5 aromatic rings. The maximum Gasteiger partial charge on any atom is 0.276 e. The highest BCUT2D eigenvalue weighted by molar-refractivity contribution is 5.97. The van der Waals surface area contributed by atoms with Crippen LogP contribution in [0, 0.1) is 0 Å². The van der Waals surface area contributed by atoms with E-state index in [0.29, 0.717) is 37.6 Å². The molecule has 0 aliphatic carbocycles. The first-order valence-electron chi connectivity index (χ1n) is 12.0.